The predicted molar refractivity (Wildman–Crippen MR) is 230 cm³/mol. The van der Waals surface area contributed by atoms with Crippen LogP contribution >= 0.6 is 0 Å². The lowest BCUT2D eigenvalue weighted by Crippen LogP contribution is -2.54. The van der Waals surface area contributed by atoms with Crippen LogP contribution in [0, 0.1) is 0 Å². The lowest BCUT2D eigenvalue weighted by molar-refractivity contribution is 0.203. The number of aromatic nitrogens is 1. The molecule has 268 valence electrons. The zero-order valence-corrected chi connectivity index (χ0v) is 30.7. The highest BCUT2D eigenvalue weighted by Crippen LogP contribution is 2.52. The van der Waals surface area contributed by atoms with E-state index < -0.39 is 0 Å². The largest absolute Gasteiger partial charge is 0.309 e. The molecule has 1 fully saturated rings. The molecule has 3 heterocycles. The molecule has 1 aromatic heterocycles. The molecule has 0 amide bonds. The fraction of sp³-hybridized carbons (Fsp3) is 0.0588. The molecule has 2 aliphatic rings. The van der Waals surface area contributed by atoms with Crippen molar-refractivity contribution in [3.8, 4) is 27.9 Å². The summed E-state index contributed by atoms with van der Waals surface area (Å²) in [5.41, 5.74) is 15.4. The molecule has 0 bridgehead atoms. The third kappa shape index (κ3) is 5.44. The van der Waals surface area contributed by atoms with Crippen molar-refractivity contribution in [2.24, 2.45) is 0 Å². The highest BCUT2D eigenvalue weighted by atomic mass is 15.4. The van der Waals surface area contributed by atoms with Crippen LogP contribution in [0.2, 0.25) is 0 Å². The number of nitrogens with one attached hydrogen (secondary N) is 3. The number of hydrogen-bond donors (Lipinski definition) is 3. The Morgan fingerprint density at radius 1 is 0.321 bits per heavy atom. The summed E-state index contributed by atoms with van der Waals surface area (Å²) in [6.45, 7) is 0. The summed E-state index contributed by atoms with van der Waals surface area (Å²) in [6.07, 6.45) is -0.125. The van der Waals surface area contributed by atoms with Gasteiger partial charge in [-0.2, -0.15) is 0 Å². The highest BCUT2D eigenvalue weighted by Gasteiger charge is 2.30. The number of para-hydroxylation sites is 3. The van der Waals surface area contributed by atoms with Crippen LogP contribution in [0.3, 0.4) is 0 Å². The van der Waals surface area contributed by atoms with Gasteiger partial charge in [0.1, 0.15) is 0 Å². The van der Waals surface area contributed by atoms with Gasteiger partial charge >= 0.3 is 0 Å². The van der Waals surface area contributed by atoms with Gasteiger partial charge in [-0.15, -0.1) is 0 Å². The van der Waals surface area contributed by atoms with Crippen LogP contribution in [-0.2, 0) is 0 Å². The number of hydrogen-bond acceptors (Lipinski definition) is 4. The molecule has 11 rings (SSSR count). The fourth-order valence-electron chi connectivity index (χ4n) is 8.85. The monoisotopic (exact) mass is 721 g/mol. The van der Waals surface area contributed by atoms with Gasteiger partial charge in [0.15, 0.2) is 0 Å². The van der Waals surface area contributed by atoms with Crippen molar-refractivity contribution in [3.63, 3.8) is 0 Å². The Kier molecular flexibility index (Phi) is 7.88. The normalized spacial score (nSPS) is 17.6. The van der Waals surface area contributed by atoms with E-state index in [1.165, 1.54) is 66.4 Å². The summed E-state index contributed by atoms with van der Waals surface area (Å²) in [5.74, 6) is 0. The molecule has 2 aliphatic heterocycles. The van der Waals surface area contributed by atoms with Crippen molar-refractivity contribution in [2.75, 3.05) is 4.90 Å². The first-order chi connectivity index (χ1) is 27.8. The van der Waals surface area contributed by atoms with E-state index in [4.69, 9.17) is 0 Å². The smallest absolute Gasteiger partial charge is 0.0864 e. The van der Waals surface area contributed by atoms with Gasteiger partial charge in [0.2, 0.25) is 0 Å². The average molecular weight is 722 g/mol. The van der Waals surface area contributed by atoms with Crippen molar-refractivity contribution in [1.82, 2.24) is 20.5 Å². The molecule has 8 aromatic carbocycles. The molecule has 0 radical (unpaired) electrons. The molecule has 0 aliphatic carbocycles. The second-order valence-corrected chi connectivity index (χ2v) is 14.7. The van der Waals surface area contributed by atoms with Gasteiger partial charge in [-0.1, -0.05) is 152 Å². The van der Waals surface area contributed by atoms with E-state index >= 15 is 0 Å². The minimum atomic E-state index is -0.0748. The number of fused-ring (bicyclic) bond motifs is 8. The van der Waals surface area contributed by atoms with E-state index in [0.717, 1.165) is 17.1 Å². The highest BCUT2D eigenvalue weighted by molar-refractivity contribution is 6.14. The number of anilines is 3. The van der Waals surface area contributed by atoms with Gasteiger partial charge in [0.25, 0.3) is 0 Å². The fourth-order valence-corrected chi connectivity index (χ4v) is 8.85. The lowest BCUT2D eigenvalue weighted by atomic mass is 9.94. The van der Waals surface area contributed by atoms with Gasteiger partial charge < -0.3 is 9.47 Å². The van der Waals surface area contributed by atoms with Crippen LogP contribution in [0.15, 0.2) is 200 Å². The third-order valence-electron chi connectivity index (χ3n) is 11.4. The van der Waals surface area contributed by atoms with E-state index in [-0.39, 0.29) is 18.5 Å². The summed E-state index contributed by atoms with van der Waals surface area (Å²) in [5, 5.41) is 13.9. The predicted octanol–water partition coefficient (Wildman–Crippen LogP) is 12.1. The SMILES string of the molecule is c1ccc(C2NC(c3ccccc3)NC(c3ccc(-n4c5ccccc5c5cc6c(cc54)N(c4ccccc4)c4ccccc4-c4ccccc4-6)cc3)N2)cc1. The average Bonchev–Trinajstić information content (AvgIpc) is 3.54. The third-order valence-corrected chi connectivity index (χ3v) is 11.4. The Morgan fingerprint density at radius 3 is 1.46 bits per heavy atom. The van der Waals surface area contributed by atoms with Gasteiger partial charge in [-0.3, -0.25) is 16.0 Å². The summed E-state index contributed by atoms with van der Waals surface area (Å²) >= 11 is 0. The molecule has 5 heteroatoms. The first-order valence-corrected chi connectivity index (χ1v) is 19.4. The van der Waals surface area contributed by atoms with E-state index in [9.17, 15) is 0 Å². The zero-order valence-electron chi connectivity index (χ0n) is 30.7. The molecule has 1 saturated heterocycles. The minimum Gasteiger partial charge on any atom is -0.309 e. The molecule has 3 N–H and O–H groups in total. The Labute approximate surface area is 326 Å². The molecular formula is C51H39N5. The second-order valence-electron chi connectivity index (χ2n) is 14.7. The maximum atomic E-state index is 3.84. The maximum absolute atomic E-state index is 3.84. The van der Waals surface area contributed by atoms with Crippen LogP contribution in [-0.4, -0.2) is 4.57 Å². The first kappa shape index (κ1) is 32.7. The topological polar surface area (TPSA) is 44.3 Å². The summed E-state index contributed by atoms with van der Waals surface area (Å²) in [6, 6.07) is 72.4. The summed E-state index contributed by atoms with van der Waals surface area (Å²) in [7, 11) is 0. The molecule has 2 unspecified atom stereocenters. The maximum Gasteiger partial charge on any atom is 0.0864 e. The van der Waals surface area contributed by atoms with Crippen molar-refractivity contribution in [3.05, 3.63) is 217 Å². The van der Waals surface area contributed by atoms with Crippen LogP contribution < -0.4 is 20.9 Å². The number of nitrogens with zero attached hydrogens (tertiary/aromatic N) is 2. The van der Waals surface area contributed by atoms with Crippen molar-refractivity contribution in [2.45, 2.75) is 18.5 Å². The minimum absolute atomic E-state index is 0.0252. The summed E-state index contributed by atoms with van der Waals surface area (Å²) in [4.78, 5) is 2.44. The lowest BCUT2D eigenvalue weighted by Gasteiger charge is -2.39. The van der Waals surface area contributed by atoms with Crippen LogP contribution in [0.5, 0.6) is 0 Å². The molecular weight excluding hydrogens is 683 g/mol. The van der Waals surface area contributed by atoms with E-state index in [0.29, 0.717) is 0 Å². The first-order valence-electron chi connectivity index (χ1n) is 19.4. The molecule has 9 aromatic rings. The Hall–Kier alpha value is -6.76. The van der Waals surface area contributed by atoms with Crippen LogP contribution in [0.1, 0.15) is 35.2 Å². The van der Waals surface area contributed by atoms with E-state index in [1.54, 1.807) is 0 Å². The van der Waals surface area contributed by atoms with E-state index in [2.05, 4.69) is 226 Å². The quantitative estimate of drug-likeness (QED) is 0.166. The van der Waals surface area contributed by atoms with Crippen molar-refractivity contribution in [1.29, 1.82) is 0 Å². The Bertz CT molecular complexity index is 2800. The van der Waals surface area contributed by atoms with E-state index in [1.807, 2.05) is 0 Å². The Balaban J connectivity index is 1.07. The molecule has 2 atom stereocenters. The molecule has 56 heavy (non-hydrogen) atoms. The molecule has 5 nitrogen and oxygen atoms in total. The van der Waals surface area contributed by atoms with Gasteiger partial charge in [0.05, 0.1) is 40.9 Å². The van der Waals surface area contributed by atoms with Crippen molar-refractivity contribution >= 4 is 38.9 Å². The number of rotatable bonds is 5. The van der Waals surface area contributed by atoms with Gasteiger partial charge in [-0.25, -0.2) is 0 Å². The van der Waals surface area contributed by atoms with Gasteiger partial charge in [0, 0.05) is 33.3 Å². The molecule has 0 saturated carbocycles. The Morgan fingerprint density at radius 2 is 0.821 bits per heavy atom. The number of benzene rings is 8. The van der Waals surface area contributed by atoms with Gasteiger partial charge in [-0.05, 0) is 76.3 Å². The zero-order chi connectivity index (χ0) is 37.0. The molecule has 0 spiro atoms. The second kappa shape index (κ2) is 13.5. The van der Waals surface area contributed by atoms with Crippen LogP contribution in [0.4, 0.5) is 17.1 Å². The summed E-state index contributed by atoms with van der Waals surface area (Å²) < 4.78 is 2.43. The van der Waals surface area contributed by atoms with Crippen LogP contribution in [0.25, 0.3) is 49.7 Å². The van der Waals surface area contributed by atoms with Crippen molar-refractivity contribution < 1.29 is 0 Å². The standard InChI is InChI=1S/C51H39N5/c1-4-16-34(17-5-1)49-52-50(35-18-6-2-7-19-35)54-51(53-49)36-28-30-38(31-29-36)56-46-27-15-13-25-42(46)44-32-43-40-23-11-10-22-39(40)41-24-12-14-26-45(41)55(47(43)33-48(44)56)37-20-8-3-9-21-37/h1-33,49-54H.